The van der Waals surface area contributed by atoms with Crippen molar-refractivity contribution in [2.24, 2.45) is 34.3 Å². The lowest BCUT2D eigenvalue weighted by Crippen LogP contribution is -2.63. The summed E-state index contributed by atoms with van der Waals surface area (Å²) in [7, 11) is 0. The molecule has 0 aromatic rings. The smallest absolute Gasteiger partial charge is 0.315 e. The monoisotopic (exact) mass is 702 g/mol. The summed E-state index contributed by atoms with van der Waals surface area (Å²) < 4.78 is 0. The fourth-order valence-corrected chi connectivity index (χ4v) is 7.74. The van der Waals surface area contributed by atoms with Crippen LogP contribution in [0.1, 0.15) is 152 Å². The Hall–Kier alpha value is -2.98. The van der Waals surface area contributed by atoms with Crippen LogP contribution in [0.25, 0.3) is 0 Å². The van der Waals surface area contributed by atoms with E-state index in [0.29, 0.717) is 45.1 Å². The molecule has 11 heteroatoms. The third-order valence-electron chi connectivity index (χ3n) is 10.9. The molecule has 0 radical (unpaired) electrons. The van der Waals surface area contributed by atoms with Gasteiger partial charge in [-0.15, -0.1) is 0 Å². The van der Waals surface area contributed by atoms with Gasteiger partial charge in [-0.25, -0.2) is 4.79 Å². The third kappa shape index (κ3) is 12.1. The molecule has 11 nitrogen and oxygen atoms in total. The molecule has 5 amide bonds. The highest BCUT2D eigenvalue weighted by atomic mass is 16.2. The number of carbonyl (C=O) groups is 6. The van der Waals surface area contributed by atoms with E-state index in [1.807, 2.05) is 41.5 Å². The quantitative estimate of drug-likeness (QED) is 0.114. The van der Waals surface area contributed by atoms with Gasteiger partial charge in [-0.3, -0.25) is 24.0 Å². The molecule has 5 N–H and O–H groups in total. The predicted octanol–water partition coefficient (Wildman–Crippen LogP) is 5.57. The Bertz CT molecular complexity index is 1220. The second-order valence-corrected chi connectivity index (χ2v) is 18.1. The van der Waals surface area contributed by atoms with Crippen molar-refractivity contribution in [3.8, 4) is 0 Å². The van der Waals surface area contributed by atoms with Crippen LogP contribution in [0.3, 0.4) is 0 Å². The third-order valence-corrected chi connectivity index (χ3v) is 10.9. The Kier molecular flexibility index (Phi) is 14.5. The van der Waals surface area contributed by atoms with Crippen molar-refractivity contribution in [1.82, 2.24) is 20.9 Å². The highest BCUT2D eigenvalue weighted by molar-refractivity contribution is 6.37. The minimum atomic E-state index is -1.09. The van der Waals surface area contributed by atoms with Crippen LogP contribution < -0.4 is 21.7 Å². The second kappa shape index (κ2) is 17.5. The molecule has 284 valence electrons. The number of unbranched alkanes of at least 4 members (excludes halogenated alkanes) is 2. The molecular formula is C39H67N5O6. The summed E-state index contributed by atoms with van der Waals surface area (Å²) in [5.74, 6) is -1.78. The molecule has 3 aliphatic rings. The molecule has 4 atom stereocenters. The van der Waals surface area contributed by atoms with E-state index in [-0.39, 0.29) is 29.9 Å². The number of urea groups is 1. The van der Waals surface area contributed by atoms with E-state index in [0.717, 1.165) is 44.4 Å². The van der Waals surface area contributed by atoms with Crippen molar-refractivity contribution in [2.45, 2.75) is 175 Å². The number of hydrogen-bond acceptors (Lipinski definition) is 6. The van der Waals surface area contributed by atoms with Crippen molar-refractivity contribution < 1.29 is 28.8 Å². The Morgan fingerprint density at radius 1 is 0.860 bits per heavy atom. The van der Waals surface area contributed by atoms with Crippen LogP contribution >= 0.6 is 0 Å². The van der Waals surface area contributed by atoms with E-state index in [9.17, 15) is 28.8 Å². The van der Waals surface area contributed by atoms with Gasteiger partial charge in [0, 0.05) is 23.9 Å². The molecule has 1 aliphatic heterocycles. The molecule has 3 fully saturated rings. The highest BCUT2D eigenvalue weighted by Gasteiger charge is 2.47. The number of nitrogens with one attached hydrogen (secondary N) is 3. The summed E-state index contributed by atoms with van der Waals surface area (Å²) in [5, 5.41) is 8.93. The van der Waals surface area contributed by atoms with Crippen molar-refractivity contribution in [3.05, 3.63) is 0 Å². The standard InChI is InChI=1S/C39H67N5O6/c1-25(2)23-27-19-22-44(30(27)34(48)41-28(31(46)33(40)47)16-12-9-11-15-26-17-18-26)35(49)32(38(6,7)8)42-36(50)43-39(20-13-10-14-21-39)24-29(45)37(3,4)5/h25-28,30,32H,9-24H2,1-8H3,(H2,40,47)(H,41,48)(H2,42,43,50)/t27-,28?,30+,32-/m1/s1. The first kappa shape index (κ1) is 41.4. The van der Waals surface area contributed by atoms with Crippen LogP contribution in [0.15, 0.2) is 0 Å². The molecule has 1 unspecified atom stereocenters. The lowest BCUT2D eigenvalue weighted by Gasteiger charge is -2.41. The first-order valence-corrected chi connectivity index (χ1v) is 19.3. The average molecular weight is 702 g/mol. The van der Waals surface area contributed by atoms with Crippen molar-refractivity contribution in [2.75, 3.05) is 6.54 Å². The van der Waals surface area contributed by atoms with E-state index in [1.54, 1.807) is 4.90 Å². The molecule has 0 bridgehead atoms. The fourth-order valence-electron chi connectivity index (χ4n) is 7.74. The zero-order valence-electron chi connectivity index (χ0n) is 32.3. The van der Waals surface area contributed by atoms with E-state index >= 15 is 0 Å². The molecular weight excluding hydrogens is 634 g/mol. The topological polar surface area (TPSA) is 168 Å². The van der Waals surface area contributed by atoms with Crippen molar-refractivity contribution in [1.29, 1.82) is 0 Å². The summed E-state index contributed by atoms with van der Waals surface area (Å²) in [4.78, 5) is 81.9. The lowest BCUT2D eigenvalue weighted by atomic mass is 9.74. The van der Waals surface area contributed by atoms with Gasteiger partial charge in [0.2, 0.25) is 17.6 Å². The number of hydrogen-bond donors (Lipinski definition) is 4. The summed E-state index contributed by atoms with van der Waals surface area (Å²) in [6.07, 6.45) is 12.4. The molecule has 50 heavy (non-hydrogen) atoms. The number of Topliss-reactive ketones (excluding diaryl/α,β-unsaturated/α-hetero) is 2. The van der Waals surface area contributed by atoms with Crippen LogP contribution in [0.4, 0.5) is 4.79 Å². The van der Waals surface area contributed by atoms with Gasteiger partial charge in [-0.05, 0) is 55.3 Å². The first-order chi connectivity index (χ1) is 23.2. The maximum absolute atomic E-state index is 14.5. The Balaban J connectivity index is 1.81. The minimum absolute atomic E-state index is 0.0802. The van der Waals surface area contributed by atoms with Gasteiger partial charge in [0.05, 0.1) is 6.04 Å². The Morgan fingerprint density at radius 3 is 2.04 bits per heavy atom. The zero-order chi connectivity index (χ0) is 37.4. The van der Waals surface area contributed by atoms with Crippen molar-refractivity contribution in [3.63, 3.8) is 0 Å². The van der Waals surface area contributed by atoms with Gasteiger partial charge < -0.3 is 26.6 Å². The number of nitrogens with zero attached hydrogens (tertiary/aromatic N) is 1. The lowest BCUT2D eigenvalue weighted by molar-refractivity contribution is -0.144. The Morgan fingerprint density at radius 2 is 1.50 bits per heavy atom. The first-order valence-electron chi connectivity index (χ1n) is 19.3. The molecule has 0 aromatic heterocycles. The summed E-state index contributed by atoms with van der Waals surface area (Å²) in [6, 6.07) is -3.39. The van der Waals surface area contributed by atoms with E-state index in [2.05, 4.69) is 29.8 Å². The molecule has 1 saturated heterocycles. The van der Waals surface area contributed by atoms with Crippen molar-refractivity contribution >= 4 is 35.3 Å². The van der Waals surface area contributed by atoms with Gasteiger partial charge in [0.25, 0.3) is 5.91 Å². The second-order valence-electron chi connectivity index (χ2n) is 18.1. The number of primary amides is 1. The van der Waals surface area contributed by atoms with Gasteiger partial charge in [0.1, 0.15) is 17.9 Å². The summed E-state index contributed by atoms with van der Waals surface area (Å²) in [6.45, 7) is 15.7. The number of likely N-dealkylation sites (tertiary alicyclic amines) is 1. The van der Waals surface area contributed by atoms with E-state index in [4.69, 9.17) is 5.73 Å². The molecule has 1 heterocycles. The highest BCUT2D eigenvalue weighted by Crippen LogP contribution is 2.36. The zero-order valence-corrected chi connectivity index (χ0v) is 32.3. The van der Waals surface area contributed by atoms with Crippen LogP contribution in [0.2, 0.25) is 0 Å². The number of nitrogens with two attached hydrogens (primary N) is 1. The Labute approximate surface area is 300 Å². The van der Waals surface area contributed by atoms with Gasteiger partial charge >= 0.3 is 6.03 Å². The molecule has 0 spiro atoms. The summed E-state index contributed by atoms with van der Waals surface area (Å²) in [5.41, 5.74) is 3.47. The number of amides is 5. The van der Waals surface area contributed by atoms with Gasteiger partial charge in [0.15, 0.2) is 0 Å². The van der Waals surface area contributed by atoms with Gasteiger partial charge in [-0.1, -0.05) is 113 Å². The number of ketones is 2. The number of carbonyl (C=O) groups excluding carboxylic acids is 6. The fraction of sp³-hybridized carbons (Fsp3) is 0.846. The predicted molar refractivity (Wildman–Crippen MR) is 195 cm³/mol. The normalized spacial score (nSPS) is 22.1. The van der Waals surface area contributed by atoms with E-state index in [1.165, 1.54) is 12.8 Å². The maximum atomic E-state index is 14.5. The van der Waals surface area contributed by atoms with Crippen LogP contribution in [0.5, 0.6) is 0 Å². The van der Waals surface area contributed by atoms with Crippen LogP contribution in [-0.4, -0.2) is 70.4 Å². The number of rotatable bonds is 17. The molecule has 3 rings (SSSR count). The summed E-state index contributed by atoms with van der Waals surface area (Å²) >= 11 is 0. The molecule has 2 aliphatic carbocycles. The van der Waals surface area contributed by atoms with Crippen LogP contribution in [-0.2, 0) is 24.0 Å². The molecule has 0 aromatic carbocycles. The average Bonchev–Trinajstić information content (AvgIpc) is 3.74. The minimum Gasteiger partial charge on any atom is -0.363 e. The molecule has 2 saturated carbocycles. The van der Waals surface area contributed by atoms with Crippen LogP contribution in [0, 0.1) is 28.6 Å². The largest absolute Gasteiger partial charge is 0.363 e. The van der Waals surface area contributed by atoms with Gasteiger partial charge in [-0.2, -0.15) is 0 Å². The SMILES string of the molecule is CC(C)C[C@H]1CCN(C(=O)[C@@H](NC(=O)NC2(CC(=O)C(C)(C)C)CCCCC2)C(C)(C)C)[C@@H]1C(=O)NC(CCCCCC1CC1)C(=O)C(N)=O. The maximum Gasteiger partial charge on any atom is 0.315 e. The van der Waals surface area contributed by atoms with E-state index < -0.39 is 58.1 Å².